The van der Waals surface area contributed by atoms with Crippen LogP contribution in [0.2, 0.25) is 0 Å². The van der Waals surface area contributed by atoms with E-state index in [0.717, 1.165) is 20.3 Å². The number of benzene rings is 2. The Hall–Kier alpha value is -4.39. The zero-order chi connectivity index (χ0) is 66.0. The lowest BCUT2D eigenvalue weighted by Gasteiger charge is -2.30. The molecule has 1 unspecified atom stereocenters. The summed E-state index contributed by atoms with van der Waals surface area (Å²) in [6.07, 6.45) is 7.47. The van der Waals surface area contributed by atoms with E-state index in [1.807, 2.05) is 31.2 Å². The van der Waals surface area contributed by atoms with Gasteiger partial charge < -0.3 is 83.7 Å². The second-order valence-corrected chi connectivity index (χ2v) is 27.2. The van der Waals surface area contributed by atoms with Crippen molar-refractivity contribution in [2.24, 2.45) is 5.41 Å². The molecule has 0 aromatic heterocycles. The number of carbonyl (C=O) groups is 3. The van der Waals surface area contributed by atoms with Gasteiger partial charge in [-0.2, -0.15) is 0 Å². The quantitative estimate of drug-likeness (QED) is 0.0333. The number of anilines is 2. The number of nitrogens with zero attached hydrogens (tertiary/aromatic N) is 3. The number of ether oxygens (including phenoxy) is 12. The van der Waals surface area contributed by atoms with Crippen molar-refractivity contribution in [1.82, 2.24) is 5.06 Å². The van der Waals surface area contributed by atoms with E-state index >= 15 is 0 Å². The Labute approximate surface area is 546 Å². The van der Waals surface area contributed by atoms with Crippen LogP contribution < -0.4 is 12.9 Å². The van der Waals surface area contributed by atoms with Gasteiger partial charge in [0.2, 0.25) is 0 Å². The van der Waals surface area contributed by atoms with Crippen molar-refractivity contribution >= 4 is 79.6 Å². The molecule has 1 saturated heterocycles. The summed E-state index contributed by atoms with van der Waals surface area (Å²) in [7, 11) is -6.31. The Morgan fingerprint density at radius 3 is 1.62 bits per heavy atom. The molecule has 0 aliphatic carbocycles. The largest absolute Gasteiger partial charge is 0.748 e. The fraction of sp³-hybridized carbons (Fsp3) is 0.645. The molecule has 2 amide bonds. The first-order valence-corrected chi connectivity index (χ1v) is 35.4. The molecule has 2 aromatic carbocycles. The lowest BCUT2D eigenvalue weighted by atomic mass is 9.77. The van der Waals surface area contributed by atoms with Crippen molar-refractivity contribution in [3.63, 3.8) is 0 Å². The van der Waals surface area contributed by atoms with Gasteiger partial charge in [-0.25, -0.2) is 21.6 Å². The van der Waals surface area contributed by atoms with E-state index in [1.54, 1.807) is 19.1 Å². The van der Waals surface area contributed by atoms with Gasteiger partial charge in [-0.05, 0) is 91.3 Å². The van der Waals surface area contributed by atoms with Gasteiger partial charge in [0, 0.05) is 96.5 Å². The minimum absolute atomic E-state index is 0.0216. The minimum Gasteiger partial charge on any atom is -0.748 e. The standard InChI is InChI=1S/C62H94IN3O23S2/c1-61(2,3)53-46-49(10-7-11-57-62(4,19-8-12-60(69)89-66-58(67)17-18-59(66)68)54-48-51(91(73,74)75)14-16-55(54)65(57)20-9-45-90(70,71)72)63-88-56-47-50(13-15-52(53)56)64(21-23-78-29-31-82-37-39-86-43-41-84-35-33-80-27-25-76-5)22-24-79-30-32-83-38-40-87-44-42-85-36-34-81-28-26-77-6/h7,10-11,13-16,46-48H,8-9,12,17-45H2,1-6H3,(H,70,71,72)(H,73,74,75)/p-2/b10-7+,57-11+. The van der Waals surface area contributed by atoms with Gasteiger partial charge in [0.05, 0.1) is 160 Å². The van der Waals surface area contributed by atoms with E-state index < -0.39 is 75.2 Å². The number of imide groups is 1. The molecule has 514 valence electrons. The molecule has 0 saturated carbocycles. The number of hydrogen-bond acceptors (Lipinski definition) is 25. The highest BCUT2D eigenvalue weighted by atomic mass is 127. The van der Waals surface area contributed by atoms with Crippen LogP contribution in [-0.4, -0.2) is 237 Å². The van der Waals surface area contributed by atoms with Crippen LogP contribution in [0.3, 0.4) is 0 Å². The third-order valence-corrected chi connectivity index (χ3v) is 17.8. The van der Waals surface area contributed by atoms with Crippen LogP contribution in [0.1, 0.15) is 77.3 Å². The number of carbonyl (C=O) groups excluding carboxylic acids is 3. The van der Waals surface area contributed by atoms with Crippen molar-refractivity contribution in [1.29, 1.82) is 0 Å². The molecule has 0 radical (unpaired) electrons. The monoisotopic (exact) mass is 1440 g/mol. The van der Waals surface area contributed by atoms with Gasteiger partial charge in [-0.3, -0.25) is 9.59 Å². The van der Waals surface area contributed by atoms with Crippen LogP contribution in [-0.2, 0) is 102 Å². The molecule has 0 N–H and O–H groups in total. The summed E-state index contributed by atoms with van der Waals surface area (Å²) >= 11 is -1.16. The van der Waals surface area contributed by atoms with Gasteiger partial charge in [0.1, 0.15) is 37.0 Å². The number of methoxy groups -OCH3 is 2. The summed E-state index contributed by atoms with van der Waals surface area (Å²) < 4.78 is 147. The molecule has 0 bridgehead atoms. The van der Waals surface area contributed by atoms with Gasteiger partial charge in [-0.15, -0.1) is 5.06 Å². The predicted molar refractivity (Wildman–Crippen MR) is 344 cm³/mol. The van der Waals surface area contributed by atoms with E-state index in [1.165, 1.54) is 18.2 Å². The number of halogens is 1. The van der Waals surface area contributed by atoms with Crippen LogP contribution in [0.5, 0.6) is 5.75 Å². The first-order chi connectivity index (χ1) is 43.7. The Bertz CT molecular complexity index is 2870. The highest BCUT2D eigenvalue weighted by Gasteiger charge is 2.44. The second kappa shape index (κ2) is 41.4. The van der Waals surface area contributed by atoms with Gasteiger partial charge in [0.25, 0.3) is 11.8 Å². The maximum atomic E-state index is 13.0. The van der Waals surface area contributed by atoms with Crippen molar-refractivity contribution in [3.8, 4) is 5.75 Å². The molecule has 2 aromatic rings. The first-order valence-electron chi connectivity index (χ1n) is 30.5. The highest BCUT2D eigenvalue weighted by Crippen LogP contribution is 2.52. The fourth-order valence-electron chi connectivity index (χ4n) is 9.69. The average Bonchev–Trinajstić information content (AvgIpc) is 1.59. The summed E-state index contributed by atoms with van der Waals surface area (Å²) in [5.41, 5.74) is 2.80. The molecule has 5 rings (SSSR count). The summed E-state index contributed by atoms with van der Waals surface area (Å²) in [4.78, 5) is 46.0. The zero-order valence-electron chi connectivity index (χ0n) is 53.3. The van der Waals surface area contributed by atoms with E-state index in [9.17, 15) is 40.3 Å². The number of rotatable bonds is 49. The molecule has 91 heavy (non-hydrogen) atoms. The van der Waals surface area contributed by atoms with Crippen LogP contribution in [0.4, 0.5) is 11.4 Å². The normalized spacial score (nSPS) is 16.7. The molecule has 1 atom stereocenters. The Kier molecular flexibility index (Phi) is 35.2. The van der Waals surface area contributed by atoms with E-state index in [0.29, 0.717) is 186 Å². The minimum atomic E-state index is -4.94. The van der Waals surface area contributed by atoms with Crippen LogP contribution in [0, 0.1) is 5.41 Å². The molecular formula is C62H92IN3O23S2-2. The first kappa shape index (κ1) is 77.3. The molecular weight excluding hydrogens is 1350 g/mol. The summed E-state index contributed by atoms with van der Waals surface area (Å²) in [5, 5.41) is 0.465. The number of allylic oxidation sites excluding steroid dienone is 6. The molecule has 1 fully saturated rings. The maximum absolute atomic E-state index is 13.0. The molecule has 3 aliphatic rings. The number of hydrogen-bond donors (Lipinski definition) is 0. The van der Waals surface area contributed by atoms with Gasteiger partial charge in [0.15, 0.2) is 0 Å². The van der Waals surface area contributed by atoms with Gasteiger partial charge in [-0.1, -0.05) is 26.8 Å². The van der Waals surface area contributed by atoms with Crippen molar-refractivity contribution in [2.75, 3.05) is 195 Å². The SMILES string of the molecule is COCCOCCOCCOCCOCCOCCN(CCOCCOCCOCCOCCOCCOC)c1ccc2c(c1)OI=C(/C=C/C=C1/N(CCCS(=O)(=O)[O-])c3ccc(S(=O)(=O)[O-])cc3C1(C)CCCC(=O)ON1C(=O)CCC1=O)C=C2C(C)(C)C. The van der Waals surface area contributed by atoms with Crippen LogP contribution in [0.25, 0.3) is 5.57 Å². The molecule has 3 aliphatic heterocycles. The Balaban J connectivity index is 1.29. The van der Waals surface area contributed by atoms with Gasteiger partial charge >= 0.3 is 5.97 Å². The van der Waals surface area contributed by atoms with E-state index in [2.05, 4.69) is 43.9 Å². The van der Waals surface area contributed by atoms with Crippen molar-refractivity contribution in [2.45, 2.75) is 76.5 Å². The second-order valence-electron chi connectivity index (χ2n) is 22.2. The van der Waals surface area contributed by atoms with E-state index in [-0.39, 0.29) is 50.5 Å². The molecule has 3 heterocycles. The van der Waals surface area contributed by atoms with Crippen LogP contribution in [0.15, 0.2) is 71.3 Å². The van der Waals surface area contributed by atoms with E-state index in [4.69, 9.17) is 64.7 Å². The number of hydroxylamine groups is 2. The zero-order valence-corrected chi connectivity index (χ0v) is 57.1. The fourth-order valence-corrected chi connectivity index (χ4v) is 12.3. The third kappa shape index (κ3) is 28.2. The summed E-state index contributed by atoms with van der Waals surface area (Å²) in [6.45, 7) is 19.1. The van der Waals surface area contributed by atoms with Crippen LogP contribution >= 0.6 is 21.1 Å². The molecule has 29 heteroatoms. The Morgan fingerprint density at radius 1 is 0.670 bits per heavy atom. The summed E-state index contributed by atoms with van der Waals surface area (Å²) in [5.74, 6) is -2.08. The smallest absolute Gasteiger partial charge is 0.333 e. The lowest BCUT2D eigenvalue weighted by molar-refractivity contribution is -0.197. The maximum Gasteiger partial charge on any atom is 0.333 e. The lowest BCUT2D eigenvalue weighted by Crippen LogP contribution is -2.32. The number of fused-ring (bicyclic) bond motifs is 2. The molecule has 26 nitrogen and oxygen atoms in total. The summed E-state index contributed by atoms with van der Waals surface area (Å²) in [6, 6.07) is 10.1. The number of amides is 2. The van der Waals surface area contributed by atoms with Crippen molar-refractivity contribution < 1.29 is 105 Å². The van der Waals surface area contributed by atoms with Crippen molar-refractivity contribution in [3.05, 3.63) is 77.5 Å². The Morgan fingerprint density at radius 2 is 1.15 bits per heavy atom. The highest BCUT2D eigenvalue weighted by molar-refractivity contribution is 14.2. The molecule has 0 spiro atoms. The topological polar surface area (TPSA) is 305 Å². The average molecular weight is 1440 g/mol. The third-order valence-electron chi connectivity index (χ3n) is 14.3. The predicted octanol–water partition coefficient (Wildman–Crippen LogP) is 5.67.